The minimum absolute atomic E-state index is 0. The Kier molecular flexibility index (Phi) is 4.55. The average Bonchev–Trinajstić information content (AvgIpc) is 2.29. The summed E-state index contributed by atoms with van der Waals surface area (Å²) < 4.78 is 0. The Hall–Kier alpha value is -2.47. The number of halogens is 1. The molecule has 0 saturated heterocycles. The van der Waals surface area contributed by atoms with E-state index in [-0.39, 0.29) is 12.4 Å². The summed E-state index contributed by atoms with van der Waals surface area (Å²) in [5, 5.41) is 23.2. The fourth-order valence-electron chi connectivity index (χ4n) is 1.76. The molecule has 100 valence electrons. The SMILES string of the molecule is Cl.O=C(O)Nc1cccc2c(NC(=O)O)cccc12. The van der Waals surface area contributed by atoms with Crippen molar-refractivity contribution in [3.8, 4) is 0 Å². The van der Waals surface area contributed by atoms with Crippen molar-refractivity contribution in [2.24, 2.45) is 0 Å². The molecule has 0 spiro atoms. The molecule has 6 nitrogen and oxygen atoms in total. The maximum Gasteiger partial charge on any atom is 0.409 e. The summed E-state index contributed by atoms with van der Waals surface area (Å²) in [6, 6.07) is 9.96. The molecule has 0 bridgehead atoms. The van der Waals surface area contributed by atoms with Crippen LogP contribution >= 0.6 is 12.4 Å². The van der Waals surface area contributed by atoms with Gasteiger partial charge in [-0.2, -0.15) is 0 Å². The van der Waals surface area contributed by atoms with E-state index in [9.17, 15) is 9.59 Å². The van der Waals surface area contributed by atoms with Gasteiger partial charge in [0.15, 0.2) is 0 Å². The van der Waals surface area contributed by atoms with Crippen molar-refractivity contribution in [1.29, 1.82) is 0 Å². The van der Waals surface area contributed by atoms with Crippen molar-refractivity contribution in [1.82, 2.24) is 0 Å². The monoisotopic (exact) mass is 282 g/mol. The summed E-state index contributed by atoms with van der Waals surface area (Å²) in [5.74, 6) is 0. The van der Waals surface area contributed by atoms with Gasteiger partial charge in [0.05, 0.1) is 11.4 Å². The molecule has 0 fully saturated rings. The Balaban J connectivity index is 0.00000180. The van der Waals surface area contributed by atoms with Crippen LogP contribution in [0.25, 0.3) is 10.8 Å². The van der Waals surface area contributed by atoms with Gasteiger partial charge in [0, 0.05) is 10.8 Å². The van der Waals surface area contributed by atoms with Gasteiger partial charge in [-0.15, -0.1) is 12.4 Å². The van der Waals surface area contributed by atoms with E-state index in [1.165, 1.54) is 0 Å². The number of benzene rings is 2. The van der Waals surface area contributed by atoms with Crippen molar-refractivity contribution >= 4 is 46.7 Å². The first kappa shape index (κ1) is 14.6. The van der Waals surface area contributed by atoms with E-state index in [2.05, 4.69) is 10.6 Å². The number of hydrogen-bond acceptors (Lipinski definition) is 2. The number of carboxylic acid groups (broad SMARTS) is 2. The molecule has 0 radical (unpaired) electrons. The maximum atomic E-state index is 10.7. The van der Waals surface area contributed by atoms with Crippen LogP contribution in [0.1, 0.15) is 0 Å². The number of rotatable bonds is 2. The lowest BCUT2D eigenvalue weighted by molar-refractivity contribution is 0.208. The molecule has 2 amide bonds. The Morgan fingerprint density at radius 2 is 1.16 bits per heavy atom. The fourth-order valence-corrected chi connectivity index (χ4v) is 1.76. The van der Waals surface area contributed by atoms with E-state index in [0.29, 0.717) is 22.1 Å². The Labute approximate surface area is 114 Å². The van der Waals surface area contributed by atoms with Crippen molar-refractivity contribution in [3.05, 3.63) is 36.4 Å². The second-order valence-corrected chi connectivity index (χ2v) is 3.57. The van der Waals surface area contributed by atoms with E-state index in [0.717, 1.165) is 0 Å². The third kappa shape index (κ3) is 3.26. The number of nitrogens with one attached hydrogen (secondary N) is 2. The highest BCUT2D eigenvalue weighted by atomic mass is 35.5. The number of hydrogen-bond donors (Lipinski definition) is 4. The topological polar surface area (TPSA) is 98.7 Å². The van der Waals surface area contributed by atoms with Crippen molar-refractivity contribution in [2.45, 2.75) is 0 Å². The first-order valence-corrected chi connectivity index (χ1v) is 5.09. The van der Waals surface area contributed by atoms with Crippen LogP contribution in [0.5, 0.6) is 0 Å². The Morgan fingerprint density at radius 3 is 1.47 bits per heavy atom. The van der Waals surface area contributed by atoms with E-state index in [1.54, 1.807) is 36.4 Å². The molecule has 2 rings (SSSR count). The quantitative estimate of drug-likeness (QED) is 0.678. The van der Waals surface area contributed by atoms with Gasteiger partial charge in [0.1, 0.15) is 0 Å². The lowest BCUT2D eigenvalue weighted by Gasteiger charge is -2.09. The van der Waals surface area contributed by atoms with Crippen molar-refractivity contribution in [2.75, 3.05) is 10.6 Å². The lowest BCUT2D eigenvalue weighted by Crippen LogP contribution is -2.09. The van der Waals surface area contributed by atoms with Gasteiger partial charge in [-0.1, -0.05) is 24.3 Å². The molecule has 0 atom stereocenters. The first-order valence-electron chi connectivity index (χ1n) is 5.09. The zero-order valence-corrected chi connectivity index (χ0v) is 10.4. The van der Waals surface area contributed by atoms with Crippen molar-refractivity contribution in [3.63, 3.8) is 0 Å². The molecular formula is C12H11ClN2O4. The minimum atomic E-state index is -1.17. The average molecular weight is 283 g/mol. The summed E-state index contributed by atoms with van der Waals surface area (Å²) in [4.78, 5) is 21.3. The Bertz CT molecular complexity index is 575. The van der Waals surface area contributed by atoms with Crippen LogP contribution in [0.3, 0.4) is 0 Å². The molecule has 7 heteroatoms. The lowest BCUT2D eigenvalue weighted by atomic mass is 10.1. The van der Waals surface area contributed by atoms with Crippen LogP contribution < -0.4 is 10.6 Å². The fraction of sp³-hybridized carbons (Fsp3) is 0. The third-order valence-electron chi connectivity index (χ3n) is 2.41. The van der Waals surface area contributed by atoms with Gasteiger partial charge in [0.2, 0.25) is 0 Å². The highest BCUT2D eigenvalue weighted by molar-refractivity contribution is 6.07. The van der Waals surface area contributed by atoms with E-state index < -0.39 is 12.2 Å². The molecule has 0 unspecified atom stereocenters. The molecule has 2 aromatic carbocycles. The summed E-state index contributed by atoms with van der Waals surface area (Å²) in [6.45, 7) is 0. The molecule has 0 aliphatic heterocycles. The summed E-state index contributed by atoms with van der Waals surface area (Å²) in [5.41, 5.74) is 0.822. The summed E-state index contributed by atoms with van der Waals surface area (Å²) in [6.07, 6.45) is -2.34. The van der Waals surface area contributed by atoms with Crippen LogP contribution in [-0.2, 0) is 0 Å². The zero-order chi connectivity index (χ0) is 13.1. The smallest absolute Gasteiger partial charge is 0.409 e. The van der Waals surface area contributed by atoms with Crippen LogP contribution in [0.15, 0.2) is 36.4 Å². The normalized spacial score (nSPS) is 9.47. The number of anilines is 2. The third-order valence-corrected chi connectivity index (χ3v) is 2.41. The minimum Gasteiger partial charge on any atom is -0.465 e. The van der Waals surface area contributed by atoms with Crippen LogP contribution in [-0.4, -0.2) is 22.4 Å². The highest BCUT2D eigenvalue weighted by Crippen LogP contribution is 2.29. The maximum absolute atomic E-state index is 10.7. The molecule has 0 aliphatic carbocycles. The van der Waals surface area contributed by atoms with E-state index in [1.807, 2.05) is 0 Å². The second kappa shape index (κ2) is 5.92. The molecule has 0 aliphatic rings. The highest BCUT2D eigenvalue weighted by Gasteiger charge is 2.08. The van der Waals surface area contributed by atoms with Gasteiger partial charge in [-0.25, -0.2) is 9.59 Å². The molecule has 0 saturated carbocycles. The van der Waals surface area contributed by atoms with Gasteiger partial charge < -0.3 is 10.2 Å². The molecule has 0 heterocycles. The van der Waals surface area contributed by atoms with Crippen LogP contribution in [0, 0.1) is 0 Å². The molecule has 0 aromatic heterocycles. The van der Waals surface area contributed by atoms with Crippen molar-refractivity contribution < 1.29 is 19.8 Å². The second-order valence-electron chi connectivity index (χ2n) is 3.57. The Morgan fingerprint density at radius 1 is 0.789 bits per heavy atom. The molecule has 4 N–H and O–H groups in total. The van der Waals surface area contributed by atoms with Crippen LogP contribution in [0.2, 0.25) is 0 Å². The number of carbonyl (C=O) groups is 2. The number of amides is 2. The summed E-state index contributed by atoms with van der Waals surface area (Å²) in [7, 11) is 0. The van der Waals surface area contributed by atoms with E-state index in [4.69, 9.17) is 10.2 Å². The first-order chi connectivity index (χ1) is 8.58. The predicted molar refractivity (Wildman–Crippen MR) is 74.5 cm³/mol. The van der Waals surface area contributed by atoms with Gasteiger partial charge in [-0.05, 0) is 12.1 Å². The molecule has 19 heavy (non-hydrogen) atoms. The van der Waals surface area contributed by atoms with E-state index >= 15 is 0 Å². The molecule has 2 aromatic rings. The number of fused-ring (bicyclic) bond motifs is 1. The van der Waals surface area contributed by atoms with Gasteiger partial charge in [0.25, 0.3) is 0 Å². The van der Waals surface area contributed by atoms with Gasteiger partial charge >= 0.3 is 12.2 Å². The van der Waals surface area contributed by atoms with Crippen LogP contribution in [0.4, 0.5) is 21.0 Å². The predicted octanol–water partition coefficient (Wildman–Crippen LogP) is 3.44. The standard InChI is InChI=1S/C12H10N2O4.ClH/c15-11(16)13-9-5-1-3-7-8(9)4-2-6-10(7)14-12(17)18;/h1-6,13-14H,(H,15,16)(H,17,18);1H. The van der Waals surface area contributed by atoms with Gasteiger partial charge in [-0.3, -0.25) is 10.6 Å². The zero-order valence-electron chi connectivity index (χ0n) is 9.58. The molecular weight excluding hydrogens is 272 g/mol. The summed E-state index contributed by atoms with van der Waals surface area (Å²) >= 11 is 0. The largest absolute Gasteiger partial charge is 0.465 e.